The minimum Gasteiger partial charge on any atom is -0.399 e. The van der Waals surface area contributed by atoms with E-state index in [1.54, 1.807) is 0 Å². The van der Waals surface area contributed by atoms with Crippen LogP contribution in [0.3, 0.4) is 0 Å². The molecule has 0 bridgehead atoms. The lowest BCUT2D eigenvalue weighted by Gasteiger charge is -2.35. The maximum absolute atomic E-state index is 14.3. The number of nitrogen functional groups attached to an aromatic ring is 1. The number of alkyl halides is 4. The molecule has 1 aliphatic carbocycles. The van der Waals surface area contributed by atoms with Crippen LogP contribution in [0.5, 0.6) is 0 Å². The molecule has 3 atom stereocenters. The van der Waals surface area contributed by atoms with Gasteiger partial charge in [0.05, 0.1) is 11.4 Å². The van der Waals surface area contributed by atoms with Crippen molar-refractivity contribution < 1.29 is 26.7 Å². The van der Waals surface area contributed by atoms with Crippen LogP contribution in [-0.4, -0.2) is 36.0 Å². The zero-order valence-electron chi connectivity index (χ0n) is 12.9. The summed E-state index contributed by atoms with van der Waals surface area (Å²) in [6.07, 6.45) is -4.14. The Balaban J connectivity index is 1.91. The summed E-state index contributed by atoms with van der Waals surface area (Å²) in [5.41, 5.74) is 10.1. The van der Waals surface area contributed by atoms with Crippen molar-refractivity contribution in [1.82, 2.24) is 0 Å². The van der Waals surface area contributed by atoms with Crippen LogP contribution in [0.4, 0.5) is 27.6 Å². The van der Waals surface area contributed by atoms with E-state index in [1.807, 2.05) is 0 Å². The Morgan fingerprint density at radius 1 is 1.32 bits per heavy atom. The maximum atomic E-state index is 14.3. The van der Waals surface area contributed by atoms with Gasteiger partial charge in [0.25, 0.3) is 0 Å². The minimum atomic E-state index is -4.46. The first-order chi connectivity index (χ1) is 11.6. The van der Waals surface area contributed by atoms with Gasteiger partial charge in [-0.05, 0) is 24.6 Å². The van der Waals surface area contributed by atoms with Crippen molar-refractivity contribution >= 4 is 22.6 Å². The monoisotopic (exact) mass is 381 g/mol. The quantitative estimate of drug-likeness (QED) is 0.608. The number of amidine groups is 1. The zero-order valence-corrected chi connectivity index (χ0v) is 13.8. The first-order valence-corrected chi connectivity index (χ1v) is 8.24. The standard InChI is InChI=1S/C15H16F5N3OS/c16-5-14(9-3-8(21)1-2-10(9)17)11-4-13(11,25-12(22)23-14)6-24-7-15(18,19)20/h1-3,11H,4-7,21H2,(H2,22,23)/t11-,13-,14-/m1/s1. The van der Waals surface area contributed by atoms with E-state index in [0.29, 0.717) is 6.42 Å². The minimum absolute atomic E-state index is 0.0103. The second-order valence-electron chi connectivity index (χ2n) is 6.28. The molecule has 2 aliphatic rings. The Morgan fingerprint density at radius 3 is 2.68 bits per heavy atom. The molecule has 0 radical (unpaired) electrons. The highest BCUT2D eigenvalue weighted by atomic mass is 32.2. The fourth-order valence-electron chi connectivity index (χ4n) is 3.36. The van der Waals surface area contributed by atoms with Gasteiger partial charge in [0, 0.05) is 17.2 Å². The van der Waals surface area contributed by atoms with Gasteiger partial charge in [-0.25, -0.2) is 13.8 Å². The third-order valence-electron chi connectivity index (χ3n) is 4.49. The summed E-state index contributed by atoms with van der Waals surface area (Å²) in [7, 11) is 0. The molecule has 25 heavy (non-hydrogen) atoms. The van der Waals surface area contributed by atoms with Crippen molar-refractivity contribution in [2.24, 2.45) is 16.6 Å². The van der Waals surface area contributed by atoms with Crippen LogP contribution in [0.25, 0.3) is 0 Å². The molecule has 0 saturated heterocycles. The number of anilines is 1. The van der Waals surface area contributed by atoms with E-state index in [9.17, 15) is 22.0 Å². The number of aliphatic imine (C=N–C) groups is 1. The molecule has 3 rings (SSSR count). The predicted octanol–water partition coefficient (Wildman–Crippen LogP) is 2.97. The number of nitrogens with zero attached hydrogens (tertiary/aromatic N) is 1. The van der Waals surface area contributed by atoms with Crippen LogP contribution in [0.2, 0.25) is 0 Å². The lowest BCUT2D eigenvalue weighted by molar-refractivity contribution is -0.174. The Hall–Kier alpha value is -1.55. The van der Waals surface area contributed by atoms with Gasteiger partial charge < -0.3 is 16.2 Å². The van der Waals surface area contributed by atoms with Gasteiger partial charge in [-0.15, -0.1) is 0 Å². The number of rotatable bonds is 5. The summed E-state index contributed by atoms with van der Waals surface area (Å²) in [5, 5.41) is -0.0103. The first kappa shape index (κ1) is 18.2. The van der Waals surface area contributed by atoms with Crippen molar-refractivity contribution in [3.05, 3.63) is 29.6 Å². The van der Waals surface area contributed by atoms with Crippen LogP contribution in [0, 0.1) is 11.7 Å². The molecule has 0 amide bonds. The van der Waals surface area contributed by atoms with Crippen molar-refractivity contribution in [2.45, 2.75) is 22.9 Å². The van der Waals surface area contributed by atoms with Crippen molar-refractivity contribution in [2.75, 3.05) is 25.6 Å². The van der Waals surface area contributed by atoms with E-state index in [2.05, 4.69) is 4.99 Å². The smallest absolute Gasteiger partial charge is 0.399 e. The molecular weight excluding hydrogens is 365 g/mol. The molecule has 1 aliphatic heterocycles. The van der Waals surface area contributed by atoms with Crippen molar-refractivity contribution in [3.8, 4) is 0 Å². The van der Waals surface area contributed by atoms with E-state index in [-0.39, 0.29) is 23.0 Å². The van der Waals surface area contributed by atoms with Crippen LogP contribution < -0.4 is 11.5 Å². The number of hydrogen-bond acceptors (Lipinski definition) is 5. The third kappa shape index (κ3) is 3.29. The van der Waals surface area contributed by atoms with Crippen LogP contribution >= 0.6 is 11.8 Å². The Labute approximate surface area is 144 Å². The third-order valence-corrected chi connectivity index (χ3v) is 5.77. The summed E-state index contributed by atoms with van der Waals surface area (Å²) in [6.45, 7) is -2.72. The number of fused-ring (bicyclic) bond motifs is 1. The topological polar surface area (TPSA) is 73.6 Å². The van der Waals surface area contributed by atoms with Crippen LogP contribution in [0.15, 0.2) is 23.2 Å². The molecule has 0 spiro atoms. The normalized spacial score (nSPS) is 31.4. The number of halogens is 5. The lowest BCUT2D eigenvalue weighted by atomic mass is 9.84. The van der Waals surface area contributed by atoms with E-state index < -0.39 is 41.5 Å². The van der Waals surface area contributed by atoms with Gasteiger partial charge in [-0.1, -0.05) is 11.8 Å². The van der Waals surface area contributed by atoms with Crippen molar-refractivity contribution in [1.29, 1.82) is 0 Å². The SMILES string of the molecule is NC1=N[C@](CF)(c2cc(N)ccc2F)[C@@H]2C[C@]2(COCC(F)(F)F)S1. The Bertz CT molecular complexity index is 713. The van der Waals surface area contributed by atoms with Crippen molar-refractivity contribution in [3.63, 3.8) is 0 Å². The second kappa shape index (κ2) is 6.01. The molecule has 1 saturated carbocycles. The lowest BCUT2D eigenvalue weighted by Crippen LogP contribution is -2.41. The molecular formula is C15H16F5N3OS. The van der Waals surface area contributed by atoms with Gasteiger partial charge >= 0.3 is 6.18 Å². The summed E-state index contributed by atoms with van der Waals surface area (Å²) in [6, 6.07) is 3.74. The maximum Gasteiger partial charge on any atom is 0.411 e. The highest BCUT2D eigenvalue weighted by Crippen LogP contribution is 2.66. The first-order valence-electron chi connectivity index (χ1n) is 7.42. The van der Waals surface area contributed by atoms with Crippen LogP contribution in [-0.2, 0) is 10.3 Å². The van der Waals surface area contributed by atoms with E-state index in [4.69, 9.17) is 16.2 Å². The van der Waals surface area contributed by atoms with Gasteiger partial charge in [-0.3, -0.25) is 0 Å². The molecule has 4 nitrogen and oxygen atoms in total. The largest absolute Gasteiger partial charge is 0.411 e. The second-order valence-corrected chi connectivity index (χ2v) is 7.71. The number of ether oxygens (including phenoxy) is 1. The van der Waals surface area contributed by atoms with E-state index in [0.717, 1.165) is 17.8 Å². The molecule has 1 aromatic rings. The Kier molecular flexibility index (Phi) is 4.39. The summed E-state index contributed by atoms with van der Waals surface area (Å²) in [4.78, 5) is 4.14. The van der Waals surface area contributed by atoms with E-state index in [1.165, 1.54) is 12.1 Å². The van der Waals surface area contributed by atoms with Gasteiger partial charge in [0.15, 0.2) is 5.17 Å². The van der Waals surface area contributed by atoms with E-state index >= 15 is 0 Å². The zero-order chi connectivity index (χ0) is 18.5. The fourth-order valence-corrected chi connectivity index (χ4v) is 4.71. The number of benzene rings is 1. The predicted molar refractivity (Wildman–Crippen MR) is 85.4 cm³/mol. The summed E-state index contributed by atoms with van der Waals surface area (Å²) in [5.74, 6) is -1.22. The molecule has 138 valence electrons. The van der Waals surface area contributed by atoms with Crippen LogP contribution in [0.1, 0.15) is 12.0 Å². The number of nitrogens with two attached hydrogens (primary N) is 2. The molecule has 1 heterocycles. The molecule has 10 heteroatoms. The highest BCUT2D eigenvalue weighted by molar-refractivity contribution is 8.15. The Morgan fingerprint density at radius 2 is 2.04 bits per heavy atom. The number of hydrogen-bond donors (Lipinski definition) is 2. The molecule has 0 aromatic heterocycles. The molecule has 4 N–H and O–H groups in total. The van der Waals surface area contributed by atoms with Gasteiger partial charge in [0.2, 0.25) is 0 Å². The summed E-state index contributed by atoms with van der Waals surface area (Å²) < 4.78 is 69.2. The fraction of sp³-hybridized carbons (Fsp3) is 0.533. The average Bonchev–Trinajstić information content (AvgIpc) is 3.22. The van der Waals surface area contributed by atoms with Gasteiger partial charge in [-0.2, -0.15) is 13.2 Å². The summed E-state index contributed by atoms with van der Waals surface area (Å²) >= 11 is 1.05. The average molecular weight is 381 g/mol. The molecule has 1 fully saturated rings. The molecule has 1 aromatic carbocycles. The highest BCUT2D eigenvalue weighted by Gasteiger charge is 2.68. The molecule has 0 unspecified atom stereocenters. The van der Waals surface area contributed by atoms with Gasteiger partial charge in [0.1, 0.15) is 24.6 Å². The number of thioether (sulfide) groups is 1.